The topological polar surface area (TPSA) is 47.6 Å². The number of aryl methyl sites for hydroxylation is 1. The minimum Gasteiger partial charge on any atom is -0.496 e. The van der Waals surface area contributed by atoms with Crippen LogP contribution in [0, 0.1) is 6.92 Å². The van der Waals surface area contributed by atoms with Gasteiger partial charge in [0.1, 0.15) is 11.5 Å². The molecule has 0 aromatic heterocycles. The maximum Gasteiger partial charge on any atom is 0.261 e. The van der Waals surface area contributed by atoms with Gasteiger partial charge in [-0.3, -0.25) is 4.79 Å². The molecule has 2 aromatic rings. The van der Waals surface area contributed by atoms with Crippen LogP contribution in [0.5, 0.6) is 11.5 Å². The molecule has 4 nitrogen and oxygen atoms in total. The van der Waals surface area contributed by atoms with Crippen molar-refractivity contribution in [2.45, 2.75) is 72.4 Å². The van der Waals surface area contributed by atoms with Crippen LogP contribution in [0.15, 0.2) is 36.4 Å². The predicted molar refractivity (Wildman–Crippen MR) is 119 cm³/mol. The van der Waals surface area contributed by atoms with E-state index in [0.717, 1.165) is 33.8 Å². The Hall–Kier alpha value is -2.49. The third-order valence-electron chi connectivity index (χ3n) is 5.28. The number of hydrogen-bond acceptors (Lipinski definition) is 3. The summed E-state index contributed by atoms with van der Waals surface area (Å²) in [5, 5.41) is 3.10. The zero-order valence-corrected chi connectivity index (χ0v) is 19.0. The number of ether oxygens (including phenoxy) is 2. The SMILES string of the molecule is COc1cc(C)c([C@H](C)NC(=O)[C@@H](C)Oc2ccccc2C(C)C)cc1C(C)C. The highest BCUT2D eigenvalue weighted by Gasteiger charge is 2.21. The van der Waals surface area contributed by atoms with E-state index in [1.807, 2.05) is 44.2 Å². The maximum absolute atomic E-state index is 12.8. The molecule has 0 bridgehead atoms. The van der Waals surface area contributed by atoms with Gasteiger partial charge in [0, 0.05) is 0 Å². The molecule has 0 aliphatic carbocycles. The Balaban J connectivity index is 2.15. The minimum absolute atomic E-state index is 0.127. The first-order valence-corrected chi connectivity index (χ1v) is 10.4. The molecule has 1 amide bonds. The zero-order chi connectivity index (χ0) is 21.7. The number of carbonyl (C=O) groups is 1. The molecule has 0 saturated heterocycles. The number of para-hydroxylation sites is 1. The van der Waals surface area contributed by atoms with Gasteiger partial charge in [0.15, 0.2) is 6.10 Å². The van der Waals surface area contributed by atoms with Gasteiger partial charge in [-0.1, -0.05) is 45.9 Å². The molecule has 29 heavy (non-hydrogen) atoms. The summed E-state index contributed by atoms with van der Waals surface area (Å²) in [6.07, 6.45) is -0.583. The second kappa shape index (κ2) is 9.82. The molecule has 0 spiro atoms. The fourth-order valence-electron chi connectivity index (χ4n) is 3.53. The average molecular weight is 398 g/mol. The molecular weight excluding hydrogens is 362 g/mol. The van der Waals surface area contributed by atoms with Gasteiger partial charge in [-0.05, 0) is 73.1 Å². The molecule has 0 unspecified atom stereocenters. The first-order chi connectivity index (χ1) is 13.6. The number of methoxy groups -OCH3 is 1. The summed E-state index contributed by atoms with van der Waals surface area (Å²) in [6, 6.07) is 12.0. The quantitative estimate of drug-likeness (QED) is 0.604. The molecule has 2 rings (SSSR count). The van der Waals surface area contributed by atoms with Crippen molar-refractivity contribution < 1.29 is 14.3 Å². The first kappa shape index (κ1) is 22.8. The van der Waals surface area contributed by atoms with Crippen LogP contribution in [0.1, 0.15) is 81.7 Å². The average Bonchev–Trinajstić information content (AvgIpc) is 2.67. The summed E-state index contributed by atoms with van der Waals surface area (Å²) in [5.41, 5.74) is 4.44. The fourth-order valence-corrected chi connectivity index (χ4v) is 3.53. The van der Waals surface area contributed by atoms with Crippen LogP contribution in [-0.4, -0.2) is 19.1 Å². The Morgan fingerprint density at radius 1 is 0.862 bits per heavy atom. The monoisotopic (exact) mass is 397 g/mol. The summed E-state index contributed by atoms with van der Waals surface area (Å²) in [6.45, 7) is 14.4. The Bertz CT molecular complexity index is 842. The highest BCUT2D eigenvalue weighted by atomic mass is 16.5. The summed E-state index contributed by atoms with van der Waals surface area (Å²) in [4.78, 5) is 12.8. The first-order valence-electron chi connectivity index (χ1n) is 10.4. The number of benzene rings is 2. The second-order valence-corrected chi connectivity index (χ2v) is 8.29. The molecule has 4 heteroatoms. The molecule has 0 aliphatic rings. The third kappa shape index (κ3) is 5.53. The molecule has 2 atom stereocenters. The van der Waals surface area contributed by atoms with Gasteiger partial charge in [-0.25, -0.2) is 0 Å². The normalized spacial score (nSPS) is 13.3. The Kier molecular flexibility index (Phi) is 7.72. The zero-order valence-electron chi connectivity index (χ0n) is 19.0. The van der Waals surface area contributed by atoms with Crippen LogP contribution in [0.3, 0.4) is 0 Å². The smallest absolute Gasteiger partial charge is 0.261 e. The lowest BCUT2D eigenvalue weighted by molar-refractivity contribution is -0.127. The molecule has 0 radical (unpaired) electrons. The number of carbonyl (C=O) groups excluding carboxylic acids is 1. The molecule has 2 aromatic carbocycles. The number of rotatable bonds is 8. The summed E-state index contributed by atoms with van der Waals surface area (Å²) in [5.74, 6) is 2.19. The molecule has 0 saturated carbocycles. The molecule has 0 fully saturated rings. The highest BCUT2D eigenvalue weighted by Crippen LogP contribution is 2.32. The van der Waals surface area contributed by atoms with E-state index < -0.39 is 6.10 Å². The standard InChI is InChI=1S/C25H35NO3/c1-15(2)20-11-9-10-12-23(20)29-19(7)25(27)26-18(6)22-14-21(16(3)4)24(28-8)13-17(22)5/h9-16,18-19H,1-8H3,(H,26,27)/t18-,19+/m0/s1. The van der Waals surface area contributed by atoms with Crippen molar-refractivity contribution >= 4 is 5.91 Å². The van der Waals surface area contributed by atoms with Crippen molar-refractivity contribution in [3.63, 3.8) is 0 Å². The highest BCUT2D eigenvalue weighted by molar-refractivity contribution is 5.81. The largest absolute Gasteiger partial charge is 0.496 e. The van der Waals surface area contributed by atoms with E-state index in [1.54, 1.807) is 14.0 Å². The van der Waals surface area contributed by atoms with E-state index in [0.29, 0.717) is 11.8 Å². The van der Waals surface area contributed by atoms with Crippen molar-refractivity contribution in [2.24, 2.45) is 0 Å². The summed E-state index contributed by atoms with van der Waals surface area (Å²) < 4.78 is 11.5. The van der Waals surface area contributed by atoms with Gasteiger partial charge in [0.05, 0.1) is 13.2 Å². The van der Waals surface area contributed by atoms with Crippen LogP contribution in [0.4, 0.5) is 0 Å². The van der Waals surface area contributed by atoms with Crippen molar-refractivity contribution in [3.05, 3.63) is 58.7 Å². The van der Waals surface area contributed by atoms with E-state index in [4.69, 9.17) is 9.47 Å². The fraction of sp³-hybridized carbons (Fsp3) is 0.480. The van der Waals surface area contributed by atoms with Gasteiger partial charge in [-0.15, -0.1) is 0 Å². The summed E-state index contributed by atoms with van der Waals surface area (Å²) in [7, 11) is 1.69. The molecule has 158 valence electrons. The number of nitrogens with one attached hydrogen (secondary N) is 1. The second-order valence-electron chi connectivity index (χ2n) is 8.29. The van der Waals surface area contributed by atoms with Gasteiger partial charge in [0.25, 0.3) is 5.91 Å². The van der Waals surface area contributed by atoms with E-state index in [1.165, 1.54) is 0 Å². The Labute approximate surface area is 175 Å². The molecule has 0 heterocycles. The van der Waals surface area contributed by atoms with E-state index >= 15 is 0 Å². The van der Waals surface area contributed by atoms with Gasteiger partial charge in [0.2, 0.25) is 0 Å². The maximum atomic E-state index is 12.8. The predicted octanol–water partition coefficient (Wildman–Crippen LogP) is 5.90. The van der Waals surface area contributed by atoms with Crippen molar-refractivity contribution in [2.75, 3.05) is 7.11 Å². The lowest BCUT2D eigenvalue weighted by Gasteiger charge is -2.23. The number of hydrogen-bond donors (Lipinski definition) is 1. The van der Waals surface area contributed by atoms with Gasteiger partial charge < -0.3 is 14.8 Å². The van der Waals surface area contributed by atoms with Crippen LogP contribution < -0.4 is 14.8 Å². The Morgan fingerprint density at radius 2 is 1.48 bits per heavy atom. The van der Waals surface area contributed by atoms with Crippen LogP contribution in [0.2, 0.25) is 0 Å². The van der Waals surface area contributed by atoms with Crippen LogP contribution in [-0.2, 0) is 4.79 Å². The lowest BCUT2D eigenvalue weighted by Crippen LogP contribution is -2.38. The minimum atomic E-state index is -0.583. The van der Waals surface area contributed by atoms with Crippen molar-refractivity contribution in [3.8, 4) is 11.5 Å². The van der Waals surface area contributed by atoms with E-state index in [9.17, 15) is 4.79 Å². The van der Waals surface area contributed by atoms with Crippen LogP contribution >= 0.6 is 0 Å². The van der Waals surface area contributed by atoms with Gasteiger partial charge >= 0.3 is 0 Å². The van der Waals surface area contributed by atoms with Crippen molar-refractivity contribution in [1.29, 1.82) is 0 Å². The summed E-state index contributed by atoms with van der Waals surface area (Å²) >= 11 is 0. The molecular formula is C25H35NO3. The van der Waals surface area contributed by atoms with E-state index in [-0.39, 0.29) is 11.9 Å². The van der Waals surface area contributed by atoms with Crippen LogP contribution in [0.25, 0.3) is 0 Å². The number of amides is 1. The molecule has 0 aliphatic heterocycles. The Morgan fingerprint density at radius 3 is 2.07 bits per heavy atom. The van der Waals surface area contributed by atoms with Crippen molar-refractivity contribution in [1.82, 2.24) is 5.32 Å². The lowest BCUT2D eigenvalue weighted by atomic mass is 9.93. The molecule has 1 N–H and O–H groups in total. The van der Waals surface area contributed by atoms with E-state index in [2.05, 4.69) is 39.1 Å². The van der Waals surface area contributed by atoms with Gasteiger partial charge in [-0.2, -0.15) is 0 Å². The third-order valence-corrected chi connectivity index (χ3v) is 5.28.